The minimum absolute atomic E-state index is 0.0899. The molecule has 3 aromatic carbocycles. The Morgan fingerprint density at radius 3 is 2.20 bits per heavy atom. The molecule has 150 valence electrons. The normalized spacial score (nSPS) is 10.9. The summed E-state index contributed by atoms with van der Waals surface area (Å²) >= 11 is 0. The predicted molar refractivity (Wildman–Crippen MR) is 109 cm³/mol. The fourth-order valence-corrected chi connectivity index (χ4v) is 2.56. The van der Waals surface area contributed by atoms with Crippen molar-refractivity contribution in [1.29, 1.82) is 0 Å². The smallest absolute Gasteiger partial charge is 0.352 e. The molecule has 0 aliphatic heterocycles. The van der Waals surface area contributed by atoms with Gasteiger partial charge in [-0.15, -0.1) is 0 Å². The number of carbonyl (C=O) groups excluding carboxylic acids is 1. The van der Waals surface area contributed by atoms with Gasteiger partial charge >= 0.3 is 11.7 Å². The highest BCUT2D eigenvalue weighted by Crippen LogP contribution is 2.30. The van der Waals surface area contributed by atoms with E-state index in [1.807, 2.05) is 0 Å². The lowest BCUT2D eigenvalue weighted by molar-refractivity contribution is -0.385. The highest BCUT2D eigenvalue weighted by atomic mass is 16.6. The molecule has 0 saturated carbocycles. The number of nitrogens with zero attached hydrogens (tertiary/aromatic N) is 1. The molecule has 0 fully saturated rings. The minimum Gasteiger partial charge on any atom is -0.477 e. The largest absolute Gasteiger partial charge is 0.477 e. The van der Waals surface area contributed by atoms with Gasteiger partial charge in [0.25, 0.3) is 5.91 Å². The molecular formula is C22H16N2O6. The van der Waals surface area contributed by atoms with Gasteiger partial charge in [0, 0.05) is 11.6 Å². The molecule has 2 N–H and O–H groups in total. The molecule has 8 nitrogen and oxygen atoms in total. The number of nitrogens with one attached hydrogen (secondary N) is 1. The number of hydrogen-bond donors (Lipinski definition) is 2. The minimum atomic E-state index is -1.29. The van der Waals surface area contributed by atoms with Crippen LogP contribution in [0, 0.1) is 10.1 Å². The van der Waals surface area contributed by atoms with E-state index in [4.69, 9.17) is 4.74 Å². The second-order valence-electron chi connectivity index (χ2n) is 6.08. The zero-order valence-corrected chi connectivity index (χ0v) is 15.5. The van der Waals surface area contributed by atoms with E-state index in [-0.39, 0.29) is 17.1 Å². The topological polar surface area (TPSA) is 119 Å². The van der Waals surface area contributed by atoms with Gasteiger partial charge in [0.05, 0.1) is 4.92 Å². The molecule has 0 spiro atoms. The third-order valence-corrected chi connectivity index (χ3v) is 4.00. The molecule has 30 heavy (non-hydrogen) atoms. The fraction of sp³-hybridized carbons (Fsp3) is 0. The second kappa shape index (κ2) is 9.16. The molecule has 0 saturated heterocycles. The molecule has 0 bridgehead atoms. The third-order valence-electron chi connectivity index (χ3n) is 4.00. The third kappa shape index (κ3) is 5.08. The molecule has 0 unspecified atom stereocenters. The summed E-state index contributed by atoms with van der Waals surface area (Å²) in [6, 6.07) is 20.4. The number of carboxylic acids is 1. The molecule has 0 aliphatic rings. The summed E-state index contributed by atoms with van der Waals surface area (Å²) in [5, 5.41) is 22.8. The number of carboxylic acid groups (broad SMARTS) is 1. The Bertz CT molecular complexity index is 1110. The standard InChI is InChI=1S/C22H16N2O6/c25-21(16-6-2-1-3-7-16)23-18(22(26)27)14-15-10-12-17(13-11-15)30-20-9-5-4-8-19(20)24(28)29/h1-14H,(H,23,25)(H,26,27)/b18-14+. The first-order chi connectivity index (χ1) is 14.4. The number of hydrogen-bond acceptors (Lipinski definition) is 5. The molecule has 0 heterocycles. The Balaban J connectivity index is 1.77. The quantitative estimate of drug-likeness (QED) is 0.345. The number of nitro benzene ring substituents is 1. The van der Waals surface area contributed by atoms with Crippen LogP contribution in [0.1, 0.15) is 15.9 Å². The first-order valence-corrected chi connectivity index (χ1v) is 8.77. The summed E-state index contributed by atoms with van der Waals surface area (Å²) in [6.45, 7) is 0. The van der Waals surface area contributed by atoms with Gasteiger partial charge in [-0.25, -0.2) is 4.79 Å². The van der Waals surface area contributed by atoms with E-state index >= 15 is 0 Å². The predicted octanol–water partition coefficient (Wildman–Crippen LogP) is 4.24. The van der Waals surface area contributed by atoms with Gasteiger partial charge in [-0.05, 0) is 42.0 Å². The van der Waals surface area contributed by atoms with Crippen molar-refractivity contribution < 1.29 is 24.4 Å². The molecule has 0 aromatic heterocycles. The van der Waals surface area contributed by atoms with Crippen LogP contribution in [-0.2, 0) is 4.79 Å². The van der Waals surface area contributed by atoms with Crippen molar-refractivity contribution in [1.82, 2.24) is 5.32 Å². The summed E-state index contributed by atoms with van der Waals surface area (Å²) in [5.41, 5.74) is 0.364. The summed E-state index contributed by atoms with van der Waals surface area (Å²) in [6.07, 6.45) is 1.30. The maximum atomic E-state index is 12.2. The maximum absolute atomic E-state index is 12.2. The Kier molecular flexibility index (Phi) is 6.19. The van der Waals surface area contributed by atoms with Crippen molar-refractivity contribution in [2.24, 2.45) is 0 Å². The van der Waals surface area contributed by atoms with Crippen molar-refractivity contribution in [2.75, 3.05) is 0 Å². The summed E-state index contributed by atoms with van der Waals surface area (Å²) in [4.78, 5) is 34.2. The zero-order valence-electron chi connectivity index (χ0n) is 15.5. The number of ether oxygens (including phenoxy) is 1. The number of nitro groups is 1. The summed E-state index contributed by atoms with van der Waals surface area (Å²) in [5.74, 6) is -1.40. The van der Waals surface area contributed by atoms with Crippen LogP contribution in [0.2, 0.25) is 0 Å². The van der Waals surface area contributed by atoms with Crippen molar-refractivity contribution in [3.63, 3.8) is 0 Å². The molecule has 1 amide bonds. The van der Waals surface area contributed by atoms with Crippen LogP contribution in [0.3, 0.4) is 0 Å². The van der Waals surface area contributed by atoms with Crippen LogP contribution >= 0.6 is 0 Å². The molecule has 0 atom stereocenters. The number of carbonyl (C=O) groups is 2. The first kappa shape index (κ1) is 20.3. The van der Waals surface area contributed by atoms with E-state index in [1.165, 1.54) is 24.3 Å². The van der Waals surface area contributed by atoms with Crippen molar-refractivity contribution in [2.45, 2.75) is 0 Å². The lowest BCUT2D eigenvalue weighted by Gasteiger charge is -2.08. The van der Waals surface area contributed by atoms with Gasteiger partial charge in [0.1, 0.15) is 11.4 Å². The Morgan fingerprint density at radius 1 is 0.933 bits per heavy atom. The number of para-hydroxylation sites is 2. The van der Waals surface area contributed by atoms with Crippen LogP contribution in [0.25, 0.3) is 6.08 Å². The monoisotopic (exact) mass is 404 g/mol. The van der Waals surface area contributed by atoms with Crippen molar-refractivity contribution >= 4 is 23.6 Å². The number of benzene rings is 3. The maximum Gasteiger partial charge on any atom is 0.352 e. The Hall–Kier alpha value is -4.46. The number of amides is 1. The molecule has 3 rings (SSSR count). The van der Waals surface area contributed by atoms with E-state index in [0.29, 0.717) is 16.9 Å². The number of aliphatic carboxylic acids is 1. The zero-order chi connectivity index (χ0) is 21.5. The lowest BCUT2D eigenvalue weighted by Crippen LogP contribution is -2.27. The molecular weight excluding hydrogens is 388 g/mol. The van der Waals surface area contributed by atoms with Crippen LogP contribution in [0.5, 0.6) is 11.5 Å². The highest BCUT2D eigenvalue weighted by molar-refractivity contribution is 6.02. The SMILES string of the molecule is O=C(O)/C(=C\c1ccc(Oc2ccccc2[N+](=O)[O-])cc1)NC(=O)c1ccccc1. The van der Waals surface area contributed by atoms with Crippen molar-refractivity contribution in [3.8, 4) is 11.5 Å². The molecule has 0 aliphatic carbocycles. The summed E-state index contributed by atoms with van der Waals surface area (Å²) < 4.78 is 5.55. The van der Waals surface area contributed by atoms with Crippen LogP contribution in [-0.4, -0.2) is 21.9 Å². The lowest BCUT2D eigenvalue weighted by atomic mass is 10.1. The van der Waals surface area contributed by atoms with E-state index in [2.05, 4.69) is 5.32 Å². The average Bonchev–Trinajstić information content (AvgIpc) is 2.75. The van der Waals surface area contributed by atoms with Crippen LogP contribution < -0.4 is 10.1 Å². The fourth-order valence-electron chi connectivity index (χ4n) is 2.56. The second-order valence-corrected chi connectivity index (χ2v) is 6.08. The Morgan fingerprint density at radius 2 is 1.57 bits per heavy atom. The molecule has 3 aromatic rings. The van der Waals surface area contributed by atoms with Gasteiger partial charge in [-0.1, -0.05) is 42.5 Å². The van der Waals surface area contributed by atoms with Crippen LogP contribution in [0.4, 0.5) is 5.69 Å². The van der Waals surface area contributed by atoms with E-state index in [1.54, 1.807) is 60.7 Å². The van der Waals surface area contributed by atoms with Gasteiger partial charge in [0.15, 0.2) is 0 Å². The molecule has 0 radical (unpaired) electrons. The van der Waals surface area contributed by atoms with Crippen molar-refractivity contribution in [3.05, 3.63) is 106 Å². The molecule has 8 heteroatoms. The highest BCUT2D eigenvalue weighted by Gasteiger charge is 2.15. The first-order valence-electron chi connectivity index (χ1n) is 8.77. The Labute approximate surface area is 171 Å². The van der Waals surface area contributed by atoms with Gasteiger partial charge < -0.3 is 15.2 Å². The van der Waals surface area contributed by atoms with Gasteiger partial charge in [-0.2, -0.15) is 0 Å². The number of rotatable bonds is 7. The van der Waals surface area contributed by atoms with Crippen LogP contribution in [0.15, 0.2) is 84.6 Å². The van der Waals surface area contributed by atoms with E-state index in [9.17, 15) is 24.8 Å². The van der Waals surface area contributed by atoms with E-state index < -0.39 is 16.8 Å². The van der Waals surface area contributed by atoms with Gasteiger partial charge in [-0.3, -0.25) is 14.9 Å². The summed E-state index contributed by atoms with van der Waals surface area (Å²) in [7, 11) is 0. The van der Waals surface area contributed by atoms with Gasteiger partial charge in [0.2, 0.25) is 5.75 Å². The average molecular weight is 404 g/mol. The van der Waals surface area contributed by atoms with E-state index in [0.717, 1.165) is 0 Å².